The normalized spacial score (nSPS) is 26.5. The van der Waals surface area contributed by atoms with Gasteiger partial charge in [0.25, 0.3) is 5.91 Å². The van der Waals surface area contributed by atoms with Crippen LogP contribution in [-0.2, 0) is 0 Å². The van der Waals surface area contributed by atoms with Gasteiger partial charge in [-0.15, -0.1) is 0 Å². The van der Waals surface area contributed by atoms with Gasteiger partial charge in [0.05, 0.1) is 5.56 Å². The van der Waals surface area contributed by atoms with E-state index < -0.39 is 5.82 Å². The fourth-order valence-corrected chi connectivity index (χ4v) is 3.80. The Labute approximate surface area is 125 Å². The van der Waals surface area contributed by atoms with E-state index in [-0.39, 0.29) is 11.5 Å². The Bertz CT molecular complexity index is 546. The van der Waals surface area contributed by atoms with Gasteiger partial charge in [-0.2, -0.15) is 0 Å². The molecule has 4 heteroatoms. The highest BCUT2D eigenvalue weighted by Gasteiger charge is 2.36. The third-order valence-corrected chi connectivity index (χ3v) is 4.99. The number of rotatable bonds is 1. The summed E-state index contributed by atoms with van der Waals surface area (Å²) in [5.74, 6) is -0.0166. The van der Waals surface area contributed by atoms with E-state index in [0.29, 0.717) is 12.0 Å². The van der Waals surface area contributed by atoms with E-state index in [2.05, 4.69) is 11.9 Å². The van der Waals surface area contributed by atoms with Crippen LogP contribution in [0.2, 0.25) is 0 Å². The van der Waals surface area contributed by atoms with Gasteiger partial charge in [0, 0.05) is 19.1 Å². The first kappa shape index (κ1) is 14.5. The summed E-state index contributed by atoms with van der Waals surface area (Å²) in [6.07, 6.45) is 3.37. The first-order valence-electron chi connectivity index (χ1n) is 7.82. The lowest BCUT2D eigenvalue weighted by Gasteiger charge is -2.46. The van der Waals surface area contributed by atoms with Gasteiger partial charge < -0.3 is 9.80 Å². The van der Waals surface area contributed by atoms with Gasteiger partial charge in [0.1, 0.15) is 5.82 Å². The van der Waals surface area contributed by atoms with Crippen molar-refractivity contribution in [3.8, 4) is 0 Å². The van der Waals surface area contributed by atoms with E-state index in [0.717, 1.165) is 31.6 Å². The standard InChI is InChI=1S/C17H23FN2O/c1-12-5-6-14(15(18)10-12)17(21)20-9-7-16-13(11-20)4-3-8-19(16)2/h5-6,10,13,16H,3-4,7-9,11H2,1-2H3. The second-order valence-electron chi connectivity index (χ2n) is 6.47. The maximum Gasteiger partial charge on any atom is 0.256 e. The molecule has 2 fully saturated rings. The lowest BCUT2D eigenvalue weighted by molar-refractivity contribution is 0.0314. The van der Waals surface area contributed by atoms with E-state index in [1.165, 1.54) is 18.9 Å². The van der Waals surface area contributed by atoms with E-state index >= 15 is 0 Å². The molecule has 0 aromatic heterocycles. The minimum absolute atomic E-state index is 0.154. The zero-order valence-corrected chi connectivity index (χ0v) is 12.8. The zero-order chi connectivity index (χ0) is 15.0. The number of piperidine rings is 2. The molecular weight excluding hydrogens is 267 g/mol. The van der Waals surface area contributed by atoms with Crippen LogP contribution >= 0.6 is 0 Å². The molecule has 1 aromatic carbocycles. The fourth-order valence-electron chi connectivity index (χ4n) is 3.80. The number of amides is 1. The van der Waals surface area contributed by atoms with Crippen LogP contribution in [0.3, 0.4) is 0 Å². The Balaban J connectivity index is 1.74. The predicted molar refractivity (Wildman–Crippen MR) is 80.8 cm³/mol. The molecule has 2 saturated heterocycles. The molecule has 0 radical (unpaired) electrons. The molecule has 3 nitrogen and oxygen atoms in total. The van der Waals surface area contributed by atoms with Gasteiger partial charge in [0.2, 0.25) is 0 Å². The minimum Gasteiger partial charge on any atom is -0.338 e. The Morgan fingerprint density at radius 3 is 2.86 bits per heavy atom. The molecule has 0 N–H and O–H groups in total. The lowest BCUT2D eigenvalue weighted by Crippen LogP contribution is -2.54. The molecule has 0 saturated carbocycles. The molecule has 2 atom stereocenters. The number of benzene rings is 1. The van der Waals surface area contributed by atoms with Crippen LogP contribution in [-0.4, -0.2) is 48.4 Å². The molecule has 114 valence electrons. The van der Waals surface area contributed by atoms with Gasteiger partial charge in [-0.05, 0) is 63.4 Å². The molecule has 2 heterocycles. The monoisotopic (exact) mass is 290 g/mol. The number of fused-ring (bicyclic) bond motifs is 1. The molecule has 1 aromatic rings. The lowest BCUT2D eigenvalue weighted by atomic mass is 9.84. The summed E-state index contributed by atoms with van der Waals surface area (Å²) in [6.45, 7) is 4.49. The van der Waals surface area contributed by atoms with Crippen molar-refractivity contribution in [3.05, 3.63) is 35.1 Å². The van der Waals surface area contributed by atoms with Crippen molar-refractivity contribution >= 4 is 5.91 Å². The number of nitrogens with zero attached hydrogens (tertiary/aromatic N) is 2. The first-order valence-corrected chi connectivity index (χ1v) is 7.82. The minimum atomic E-state index is -0.400. The smallest absolute Gasteiger partial charge is 0.256 e. The predicted octanol–water partition coefficient (Wildman–Crippen LogP) is 2.69. The number of aryl methyl sites for hydroxylation is 1. The van der Waals surface area contributed by atoms with E-state index in [9.17, 15) is 9.18 Å². The van der Waals surface area contributed by atoms with Crippen molar-refractivity contribution in [2.24, 2.45) is 5.92 Å². The van der Waals surface area contributed by atoms with Gasteiger partial charge in [-0.1, -0.05) is 6.07 Å². The van der Waals surface area contributed by atoms with Crippen molar-refractivity contribution in [3.63, 3.8) is 0 Å². The van der Waals surface area contributed by atoms with E-state index in [1.807, 2.05) is 11.8 Å². The van der Waals surface area contributed by atoms with Crippen molar-refractivity contribution in [2.75, 3.05) is 26.7 Å². The molecular formula is C17H23FN2O. The van der Waals surface area contributed by atoms with E-state index in [1.54, 1.807) is 12.1 Å². The van der Waals surface area contributed by atoms with Crippen LogP contribution in [0, 0.1) is 18.7 Å². The maximum absolute atomic E-state index is 14.0. The van der Waals surface area contributed by atoms with Crippen LogP contribution in [0.1, 0.15) is 35.2 Å². The molecule has 21 heavy (non-hydrogen) atoms. The Kier molecular flexibility index (Phi) is 3.98. The van der Waals surface area contributed by atoms with Crippen LogP contribution in [0.25, 0.3) is 0 Å². The zero-order valence-electron chi connectivity index (χ0n) is 12.8. The molecule has 2 unspecified atom stereocenters. The average molecular weight is 290 g/mol. The SMILES string of the molecule is Cc1ccc(C(=O)N2CCC3C(CCCN3C)C2)c(F)c1. The highest BCUT2D eigenvalue weighted by atomic mass is 19.1. The van der Waals surface area contributed by atoms with Gasteiger partial charge in [-0.3, -0.25) is 4.79 Å². The molecule has 3 rings (SSSR count). The summed E-state index contributed by atoms with van der Waals surface area (Å²) in [4.78, 5) is 16.8. The second-order valence-corrected chi connectivity index (χ2v) is 6.47. The van der Waals surface area contributed by atoms with Crippen molar-refractivity contribution in [1.29, 1.82) is 0 Å². The molecule has 2 aliphatic rings. The molecule has 1 amide bonds. The number of likely N-dealkylation sites (tertiary alicyclic amines) is 2. The van der Waals surface area contributed by atoms with Crippen molar-refractivity contribution in [1.82, 2.24) is 9.80 Å². The van der Waals surface area contributed by atoms with Crippen molar-refractivity contribution in [2.45, 2.75) is 32.2 Å². The highest BCUT2D eigenvalue weighted by Crippen LogP contribution is 2.30. The van der Waals surface area contributed by atoms with Crippen LogP contribution in [0.15, 0.2) is 18.2 Å². The Morgan fingerprint density at radius 2 is 2.10 bits per heavy atom. The summed E-state index contributed by atoms with van der Waals surface area (Å²) in [5, 5.41) is 0. The highest BCUT2D eigenvalue weighted by molar-refractivity contribution is 5.94. The second kappa shape index (κ2) is 5.76. The van der Waals surface area contributed by atoms with Gasteiger partial charge in [0.15, 0.2) is 0 Å². The Hall–Kier alpha value is -1.42. The number of carbonyl (C=O) groups is 1. The van der Waals surface area contributed by atoms with Crippen LogP contribution in [0.5, 0.6) is 0 Å². The number of halogens is 1. The summed E-state index contributed by atoms with van der Waals surface area (Å²) < 4.78 is 14.0. The first-order chi connectivity index (χ1) is 10.1. The molecule has 0 aliphatic carbocycles. The van der Waals surface area contributed by atoms with E-state index in [4.69, 9.17) is 0 Å². The fraction of sp³-hybridized carbons (Fsp3) is 0.588. The third kappa shape index (κ3) is 2.82. The van der Waals surface area contributed by atoms with Gasteiger partial charge >= 0.3 is 0 Å². The topological polar surface area (TPSA) is 23.6 Å². The summed E-state index contributed by atoms with van der Waals surface area (Å²) in [6, 6.07) is 5.45. The molecule has 0 bridgehead atoms. The third-order valence-electron chi connectivity index (χ3n) is 4.99. The summed E-state index contributed by atoms with van der Waals surface area (Å²) in [7, 11) is 2.17. The van der Waals surface area contributed by atoms with Gasteiger partial charge in [-0.25, -0.2) is 4.39 Å². The van der Waals surface area contributed by atoms with Crippen LogP contribution < -0.4 is 0 Å². The summed E-state index contributed by atoms with van der Waals surface area (Å²) in [5.41, 5.74) is 1.06. The number of carbonyl (C=O) groups excluding carboxylic acids is 1. The van der Waals surface area contributed by atoms with Crippen LogP contribution in [0.4, 0.5) is 4.39 Å². The Morgan fingerprint density at radius 1 is 1.29 bits per heavy atom. The van der Waals surface area contributed by atoms with Crippen molar-refractivity contribution < 1.29 is 9.18 Å². The number of hydrogen-bond donors (Lipinski definition) is 0. The quantitative estimate of drug-likeness (QED) is 0.794. The largest absolute Gasteiger partial charge is 0.338 e. The number of hydrogen-bond acceptors (Lipinski definition) is 2. The summed E-state index contributed by atoms with van der Waals surface area (Å²) >= 11 is 0. The molecule has 0 spiro atoms. The maximum atomic E-state index is 14.0. The average Bonchev–Trinajstić information content (AvgIpc) is 2.46. The molecule has 2 aliphatic heterocycles.